The maximum Gasteiger partial charge on any atom is 0.161 e. The molecule has 5 nitrogen and oxygen atoms in total. The van der Waals surface area contributed by atoms with E-state index < -0.39 is 6.10 Å². The van der Waals surface area contributed by atoms with Gasteiger partial charge in [-0.15, -0.1) is 12.4 Å². The summed E-state index contributed by atoms with van der Waals surface area (Å²) in [6.07, 6.45) is -0.461. The first kappa shape index (κ1) is 19.0. The van der Waals surface area contributed by atoms with Crippen molar-refractivity contribution in [3.63, 3.8) is 0 Å². The summed E-state index contributed by atoms with van der Waals surface area (Å²) in [4.78, 5) is 0. The molecule has 2 rings (SSSR count). The molecule has 0 saturated carbocycles. The minimum Gasteiger partial charge on any atom is -0.486 e. The average molecular weight is 331 g/mol. The molecule has 0 bridgehead atoms. The lowest BCUT2D eigenvalue weighted by atomic mass is 10.1. The number of hydrogen-bond acceptors (Lipinski definition) is 5. The number of hydrogen-bond donors (Lipinski definition) is 3. The van der Waals surface area contributed by atoms with Crippen molar-refractivity contribution in [1.29, 1.82) is 0 Å². The first-order valence-electron chi connectivity index (χ1n) is 7.59. The van der Waals surface area contributed by atoms with Crippen LogP contribution in [0.2, 0.25) is 0 Å². The summed E-state index contributed by atoms with van der Waals surface area (Å²) in [6.45, 7) is 7.81. The van der Waals surface area contributed by atoms with Crippen LogP contribution in [0.5, 0.6) is 11.5 Å². The first-order chi connectivity index (χ1) is 10.1. The second-order valence-electron chi connectivity index (χ2n) is 5.83. The maximum absolute atomic E-state index is 9.91. The molecule has 0 saturated heterocycles. The summed E-state index contributed by atoms with van der Waals surface area (Å²) in [7, 11) is 0. The smallest absolute Gasteiger partial charge is 0.161 e. The summed E-state index contributed by atoms with van der Waals surface area (Å²) in [5.74, 6) is 1.58. The van der Waals surface area contributed by atoms with Gasteiger partial charge in [0.25, 0.3) is 0 Å². The van der Waals surface area contributed by atoms with E-state index in [0.717, 1.165) is 11.5 Å². The Hall–Kier alpha value is -1.01. The molecule has 3 atom stereocenters. The second-order valence-corrected chi connectivity index (χ2v) is 5.83. The molecule has 3 N–H and O–H groups in total. The van der Waals surface area contributed by atoms with Crippen LogP contribution in [0.1, 0.15) is 20.8 Å². The Morgan fingerprint density at radius 2 is 1.77 bits per heavy atom. The number of halogens is 1. The predicted octanol–water partition coefficient (Wildman–Crippen LogP) is 1.59. The fourth-order valence-electron chi connectivity index (χ4n) is 2.18. The third kappa shape index (κ3) is 5.65. The Morgan fingerprint density at radius 3 is 2.45 bits per heavy atom. The first-order valence-corrected chi connectivity index (χ1v) is 7.59. The van der Waals surface area contributed by atoms with Gasteiger partial charge in [0.05, 0.1) is 6.10 Å². The zero-order valence-corrected chi connectivity index (χ0v) is 14.2. The molecule has 3 unspecified atom stereocenters. The summed E-state index contributed by atoms with van der Waals surface area (Å²) in [5, 5.41) is 16.4. The minimum atomic E-state index is -0.411. The van der Waals surface area contributed by atoms with Gasteiger partial charge < -0.3 is 25.2 Å². The summed E-state index contributed by atoms with van der Waals surface area (Å²) in [6, 6.07) is 8.17. The fraction of sp³-hybridized carbons (Fsp3) is 0.625. The zero-order chi connectivity index (χ0) is 15.2. The van der Waals surface area contributed by atoms with Gasteiger partial charge in [0.1, 0.15) is 12.7 Å². The zero-order valence-electron chi connectivity index (χ0n) is 13.4. The molecule has 1 aliphatic heterocycles. The van der Waals surface area contributed by atoms with Crippen LogP contribution in [-0.2, 0) is 0 Å². The number of nitrogens with one attached hydrogen (secondary N) is 2. The number of aliphatic hydroxyl groups excluding tert-OH is 1. The molecule has 22 heavy (non-hydrogen) atoms. The molecular formula is C16H27ClN2O3. The van der Waals surface area contributed by atoms with Gasteiger partial charge in [0.15, 0.2) is 11.5 Å². The third-order valence-electron chi connectivity index (χ3n) is 3.53. The molecule has 0 aromatic heterocycles. The van der Waals surface area contributed by atoms with Gasteiger partial charge in [0, 0.05) is 25.2 Å². The Labute approximate surface area is 138 Å². The third-order valence-corrected chi connectivity index (χ3v) is 3.53. The Morgan fingerprint density at radius 1 is 1.14 bits per heavy atom. The van der Waals surface area contributed by atoms with Crippen molar-refractivity contribution >= 4 is 12.4 Å². The topological polar surface area (TPSA) is 62.8 Å². The van der Waals surface area contributed by atoms with E-state index in [4.69, 9.17) is 9.47 Å². The van der Waals surface area contributed by atoms with Crippen LogP contribution in [0, 0.1) is 0 Å². The Kier molecular flexibility index (Phi) is 7.96. The lowest BCUT2D eigenvalue weighted by Crippen LogP contribution is -2.49. The molecule has 1 aromatic rings. The highest BCUT2D eigenvalue weighted by molar-refractivity contribution is 5.85. The molecule has 6 heteroatoms. The number of para-hydroxylation sites is 2. The maximum atomic E-state index is 9.91. The van der Waals surface area contributed by atoms with Crippen LogP contribution >= 0.6 is 12.4 Å². The van der Waals surface area contributed by atoms with Crippen LogP contribution in [0.25, 0.3) is 0 Å². The Bertz CT molecular complexity index is 445. The Balaban J connectivity index is 0.00000242. The number of fused-ring (bicyclic) bond motifs is 1. The van der Waals surface area contributed by atoms with E-state index in [1.165, 1.54) is 0 Å². The molecule has 0 radical (unpaired) electrons. The van der Waals surface area contributed by atoms with Crippen molar-refractivity contribution in [2.45, 2.75) is 45.1 Å². The van der Waals surface area contributed by atoms with E-state index in [1.54, 1.807) is 0 Å². The van der Waals surface area contributed by atoms with Gasteiger partial charge in [-0.3, -0.25) is 0 Å². The lowest BCUT2D eigenvalue weighted by Gasteiger charge is -2.31. The molecule has 1 heterocycles. The summed E-state index contributed by atoms with van der Waals surface area (Å²) in [5.41, 5.74) is 0. The quantitative estimate of drug-likeness (QED) is 0.708. The van der Waals surface area contributed by atoms with Crippen LogP contribution < -0.4 is 20.1 Å². The number of rotatable bonds is 7. The van der Waals surface area contributed by atoms with Crippen molar-refractivity contribution in [1.82, 2.24) is 10.6 Å². The van der Waals surface area contributed by atoms with Crippen molar-refractivity contribution < 1.29 is 14.6 Å². The van der Waals surface area contributed by atoms with Gasteiger partial charge in [0.2, 0.25) is 0 Å². The van der Waals surface area contributed by atoms with E-state index in [-0.39, 0.29) is 24.6 Å². The number of ether oxygens (including phenoxy) is 2. The SMILES string of the molecule is CC(C)NCC(O)CNC(C)C1COc2ccccc2O1.Cl. The van der Waals surface area contributed by atoms with Crippen LogP contribution in [0.4, 0.5) is 0 Å². The van der Waals surface area contributed by atoms with E-state index in [0.29, 0.717) is 25.7 Å². The highest BCUT2D eigenvalue weighted by Gasteiger charge is 2.26. The van der Waals surface area contributed by atoms with Gasteiger partial charge in [-0.05, 0) is 19.1 Å². The molecule has 1 aliphatic rings. The van der Waals surface area contributed by atoms with Crippen molar-refractivity contribution in [3.8, 4) is 11.5 Å². The predicted molar refractivity (Wildman–Crippen MR) is 90.2 cm³/mol. The fourth-order valence-corrected chi connectivity index (χ4v) is 2.18. The number of benzene rings is 1. The van der Waals surface area contributed by atoms with E-state index >= 15 is 0 Å². The van der Waals surface area contributed by atoms with E-state index in [2.05, 4.69) is 24.5 Å². The average Bonchev–Trinajstić information content (AvgIpc) is 2.50. The van der Waals surface area contributed by atoms with E-state index in [9.17, 15) is 5.11 Å². The van der Waals surface area contributed by atoms with Crippen LogP contribution in [0.3, 0.4) is 0 Å². The van der Waals surface area contributed by atoms with Crippen LogP contribution in [-0.4, -0.2) is 49.1 Å². The van der Waals surface area contributed by atoms with Crippen LogP contribution in [0.15, 0.2) is 24.3 Å². The molecule has 0 amide bonds. The van der Waals surface area contributed by atoms with E-state index in [1.807, 2.05) is 31.2 Å². The minimum absolute atomic E-state index is 0. The van der Waals surface area contributed by atoms with Gasteiger partial charge in [-0.25, -0.2) is 0 Å². The molecule has 0 spiro atoms. The molecule has 0 fully saturated rings. The van der Waals surface area contributed by atoms with Gasteiger partial charge in [-0.1, -0.05) is 26.0 Å². The largest absolute Gasteiger partial charge is 0.486 e. The summed E-state index contributed by atoms with van der Waals surface area (Å²) >= 11 is 0. The highest BCUT2D eigenvalue weighted by atomic mass is 35.5. The standard InChI is InChI=1S/C16H26N2O3.ClH/c1-11(2)17-8-13(19)9-18-12(3)16-10-20-14-6-4-5-7-15(14)21-16;/h4-7,11-13,16-19H,8-10H2,1-3H3;1H. The highest BCUT2D eigenvalue weighted by Crippen LogP contribution is 2.31. The lowest BCUT2D eigenvalue weighted by molar-refractivity contribution is 0.0612. The molecule has 1 aromatic carbocycles. The molecule has 126 valence electrons. The normalized spacial score (nSPS) is 19.4. The molecular weight excluding hydrogens is 304 g/mol. The van der Waals surface area contributed by atoms with Gasteiger partial charge >= 0.3 is 0 Å². The number of aliphatic hydroxyl groups is 1. The van der Waals surface area contributed by atoms with Crippen molar-refractivity contribution in [3.05, 3.63) is 24.3 Å². The monoisotopic (exact) mass is 330 g/mol. The van der Waals surface area contributed by atoms with Crippen molar-refractivity contribution in [2.75, 3.05) is 19.7 Å². The van der Waals surface area contributed by atoms with Gasteiger partial charge in [-0.2, -0.15) is 0 Å². The molecule has 0 aliphatic carbocycles. The second kappa shape index (κ2) is 9.20. The van der Waals surface area contributed by atoms with Crippen molar-refractivity contribution in [2.24, 2.45) is 0 Å². The summed E-state index contributed by atoms with van der Waals surface area (Å²) < 4.78 is 11.6.